The van der Waals surface area contributed by atoms with E-state index in [1.54, 1.807) is 6.20 Å². The van der Waals surface area contributed by atoms with E-state index in [2.05, 4.69) is 5.10 Å². The van der Waals surface area contributed by atoms with Crippen LogP contribution in [0.15, 0.2) is 36.5 Å². The Labute approximate surface area is 124 Å². The van der Waals surface area contributed by atoms with Gasteiger partial charge in [-0.05, 0) is 25.0 Å². The summed E-state index contributed by atoms with van der Waals surface area (Å²) >= 11 is 0. The molecule has 1 aliphatic carbocycles. The molecule has 0 amide bonds. The van der Waals surface area contributed by atoms with Crippen molar-refractivity contribution >= 4 is 5.97 Å². The molecule has 4 nitrogen and oxygen atoms in total. The van der Waals surface area contributed by atoms with Crippen molar-refractivity contribution in [1.29, 1.82) is 0 Å². The van der Waals surface area contributed by atoms with Crippen LogP contribution in [0.25, 0.3) is 5.69 Å². The van der Waals surface area contributed by atoms with Gasteiger partial charge in [0.15, 0.2) is 0 Å². The zero-order valence-electron chi connectivity index (χ0n) is 12.3. The highest BCUT2D eigenvalue weighted by Gasteiger charge is 2.27. The average molecular weight is 284 g/mol. The number of carbonyl (C=O) groups excluding carboxylic acids is 1. The van der Waals surface area contributed by atoms with Crippen molar-refractivity contribution in [1.82, 2.24) is 9.78 Å². The number of methoxy groups -OCH3 is 1. The zero-order chi connectivity index (χ0) is 14.7. The van der Waals surface area contributed by atoms with E-state index in [1.165, 1.54) is 26.4 Å². The van der Waals surface area contributed by atoms with Crippen molar-refractivity contribution in [2.45, 2.75) is 38.0 Å². The van der Waals surface area contributed by atoms with Crippen molar-refractivity contribution in [3.63, 3.8) is 0 Å². The largest absolute Gasteiger partial charge is 0.465 e. The third kappa shape index (κ3) is 2.71. The second-order valence-electron chi connectivity index (χ2n) is 5.52. The third-order valence-electron chi connectivity index (χ3n) is 4.20. The first-order chi connectivity index (χ1) is 10.3. The first kappa shape index (κ1) is 13.9. The van der Waals surface area contributed by atoms with Crippen molar-refractivity contribution < 1.29 is 9.53 Å². The number of aromatic nitrogens is 2. The van der Waals surface area contributed by atoms with Crippen LogP contribution >= 0.6 is 0 Å². The van der Waals surface area contributed by atoms with Gasteiger partial charge in [0.1, 0.15) is 5.56 Å². The van der Waals surface area contributed by atoms with Gasteiger partial charge in [-0.2, -0.15) is 5.10 Å². The predicted molar refractivity (Wildman–Crippen MR) is 80.7 cm³/mol. The van der Waals surface area contributed by atoms with E-state index >= 15 is 0 Å². The Morgan fingerprint density at radius 3 is 2.57 bits per heavy atom. The SMILES string of the molecule is COC(=O)c1cnn(-c2ccccc2)c1C1CCCCC1. The fourth-order valence-electron chi connectivity index (χ4n) is 3.17. The number of hydrogen-bond acceptors (Lipinski definition) is 3. The normalized spacial score (nSPS) is 15.9. The molecule has 4 heteroatoms. The van der Waals surface area contributed by atoms with Crippen LogP contribution in [0.2, 0.25) is 0 Å². The van der Waals surface area contributed by atoms with Gasteiger partial charge in [0.25, 0.3) is 0 Å². The molecule has 1 aliphatic rings. The fourth-order valence-corrected chi connectivity index (χ4v) is 3.17. The van der Waals surface area contributed by atoms with Crippen LogP contribution in [0.3, 0.4) is 0 Å². The number of carbonyl (C=O) groups is 1. The lowest BCUT2D eigenvalue weighted by Gasteiger charge is -2.23. The minimum Gasteiger partial charge on any atom is -0.465 e. The van der Waals surface area contributed by atoms with E-state index in [4.69, 9.17) is 4.74 Å². The smallest absolute Gasteiger partial charge is 0.341 e. The van der Waals surface area contributed by atoms with Crippen LogP contribution in [0.1, 0.15) is 54.1 Å². The predicted octanol–water partition coefficient (Wildman–Crippen LogP) is 3.71. The van der Waals surface area contributed by atoms with Crippen LogP contribution in [0.4, 0.5) is 0 Å². The van der Waals surface area contributed by atoms with Gasteiger partial charge in [0, 0.05) is 5.92 Å². The summed E-state index contributed by atoms with van der Waals surface area (Å²) in [5, 5.41) is 4.45. The molecule has 0 N–H and O–H groups in total. The first-order valence-corrected chi connectivity index (χ1v) is 7.53. The lowest BCUT2D eigenvalue weighted by Crippen LogP contribution is -2.15. The third-order valence-corrected chi connectivity index (χ3v) is 4.20. The Hall–Kier alpha value is -2.10. The molecule has 0 bridgehead atoms. The Kier molecular flexibility index (Phi) is 4.04. The minimum atomic E-state index is -0.294. The summed E-state index contributed by atoms with van der Waals surface area (Å²) in [6.07, 6.45) is 7.58. The quantitative estimate of drug-likeness (QED) is 0.807. The molecule has 0 unspecified atom stereocenters. The minimum absolute atomic E-state index is 0.294. The Balaban J connectivity index is 2.07. The van der Waals surface area contributed by atoms with E-state index in [0.29, 0.717) is 11.5 Å². The summed E-state index contributed by atoms with van der Waals surface area (Å²) in [7, 11) is 1.42. The molecule has 3 rings (SSSR count). The number of rotatable bonds is 3. The number of nitrogens with zero attached hydrogens (tertiary/aromatic N) is 2. The molecule has 110 valence electrons. The van der Waals surface area contributed by atoms with Gasteiger partial charge in [-0.1, -0.05) is 37.5 Å². The molecule has 0 atom stereocenters. The highest BCUT2D eigenvalue weighted by Crippen LogP contribution is 2.35. The van der Waals surface area contributed by atoms with Crippen LogP contribution in [0, 0.1) is 0 Å². The maximum absolute atomic E-state index is 12.0. The van der Waals surface area contributed by atoms with Crippen molar-refractivity contribution in [3.05, 3.63) is 47.8 Å². The molecular formula is C17H20N2O2. The Bertz CT molecular complexity index is 613. The fraction of sp³-hybridized carbons (Fsp3) is 0.412. The highest BCUT2D eigenvalue weighted by atomic mass is 16.5. The molecule has 0 spiro atoms. The maximum atomic E-state index is 12.0. The van der Waals surface area contributed by atoms with Crippen LogP contribution in [0.5, 0.6) is 0 Å². The molecule has 1 fully saturated rings. The van der Waals surface area contributed by atoms with E-state index in [9.17, 15) is 4.79 Å². The summed E-state index contributed by atoms with van der Waals surface area (Å²) in [6, 6.07) is 9.98. The van der Waals surface area contributed by atoms with Gasteiger partial charge in [0.2, 0.25) is 0 Å². The molecule has 1 aromatic carbocycles. The monoisotopic (exact) mass is 284 g/mol. The van der Waals surface area contributed by atoms with Gasteiger partial charge in [0.05, 0.1) is 24.7 Å². The summed E-state index contributed by atoms with van der Waals surface area (Å²) in [5.74, 6) is 0.0910. The molecule has 0 radical (unpaired) electrons. The standard InChI is InChI=1S/C17H20N2O2/c1-21-17(20)15-12-18-19(14-10-6-3-7-11-14)16(15)13-8-4-2-5-9-13/h3,6-7,10-13H,2,4-5,8-9H2,1H3. The Morgan fingerprint density at radius 1 is 1.19 bits per heavy atom. The molecule has 2 aromatic rings. The van der Waals surface area contributed by atoms with Crippen LogP contribution in [-0.4, -0.2) is 22.9 Å². The lowest BCUT2D eigenvalue weighted by molar-refractivity contribution is 0.0598. The molecule has 1 aromatic heterocycles. The molecule has 1 heterocycles. The topological polar surface area (TPSA) is 44.1 Å². The average Bonchev–Trinajstić information content (AvgIpc) is 3.00. The summed E-state index contributed by atoms with van der Waals surface area (Å²) in [5.41, 5.74) is 2.61. The highest BCUT2D eigenvalue weighted by molar-refractivity contribution is 5.90. The second kappa shape index (κ2) is 6.12. The maximum Gasteiger partial charge on any atom is 0.341 e. The van der Waals surface area contributed by atoms with Gasteiger partial charge in [-0.15, -0.1) is 0 Å². The van der Waals surface area contributed by atoms with E-state index in [0.717, 1.165) is 24.2 Å². The van der Waals surface area contributed by atoms with Gasteiger partial charge >= 0.3 is 5.97 Å². The van der Waals surface area contributed by atoms with Crippen LogP contribution < -0.4 is 0 Å². The zero-order valence-corrected chi connectivity index (χ0v) is 12.3. The number of ether oxygens (including phenoxy) is 1. The molecular weight excluding hydrogens is 264 g/mol. The molecule has 0 aliphatic heterocycles. The number of para-hydroxylation sites is 1. The van der Waals surface area contributed by atoms with Gasteiger partial charge in [-0.25, -0.2) is 9.48 Å². The van der Waals surface area contributed by atoms with E-state index < -0.39 is 0 Å². The molecule has 0 saturated heterocycles. The van der Waals surface area contributed by atoms with Crippen LogP contribution in [-0.2, 0) is 4.74 Å². The Morgan fingerprint density at radius 2 is 1.90 bits per heavy atom. The summed E-state index contributed by atoms with van der Waals surface area (Å²) in [6.45, 7) is 0. The van der Waals surface area contributed by atoms with Gasteiger partial charge in [-0.3, -0.25) is 0 Å². The number of esters is 1. The molecule has 21 heavy (non-hydrogen) atoms. The number of benzene rings is 1. The van der Waals surface area contributed by atoms with Crippen molar-refractivity contribution in [2.75, 3.05) is 7.11 Å². The van der Waals surface area contributed by atoms with Crippen molar-refractivity contribution in [2.24, 2.45) is 0 Å². The van der Waals surface area contributed by atoms with E-state index in [1.807, 2.05) is 35.0 Å². The van der Waals surface area contributed by atoms with Crippen molar-refractivity contribution in [3.8, 4) is 5.69 Å². The summed E-state index contributed by atoms with van der Waals surface area (Å²) in [4.78, 5) is 12.0. The number of hydrogen-bond donors (Lipinski definition) is 0. The second-order valence-corrected chi connectivity index (χ2v) is 5.52. The van der Waals surface area contributed by atoms with Gasteiger partial charge < -0.3 is 4.74 Å². The lowest BCUT2D eigenvalue weighted by atomic mass is 9.85. The van der Waals surface area contributed by atoms with E-state index in [-0.39, 0.29) is 5.97 Å². The first-order valence-electron chi connectivity index (χ1n) is 7.53. The summed E-state index contributed by atoms with van der Waals surface area (Å²) < 4.78 is 6.83. The molecule has 1 saturated carbocycles.